The Balaban J connectivity index is 2.65. The second-order valence-corrected chi connectivity index (χ2v) is 2.89. The Labute approximate surface area is 82.9 Å². The van der Waals surface area contributed by atoms with Crippen molar-refractivity contribution in [3.05, 3.63) is 35.9 Å². The van der Waals surface area contributed by atoms with E-state index >= 15 is 0 Å². The zero-order valence-electron chi connectivity index (χ0n) is 7.93. The van der Waals surface area contributed by atoms with Crippen LogP contribution in [-0.4, -0.2) is 12.6 Å². The number of carbonyl (C=O) groups is 1. The van der Waals surface area contributed by atoms with Crippen LogP contribution in [0, 0.1) is 11.3 Å². The molecule has 0 N–H and O–H groups in total. The SMILES string of the molecule is CC(=O)OC[C@@H](C#N)c1ccccc1. The summed E-state index contributed by atoms with van der Waals surface area (Å²) in [7, 11) is 0. The molecule has 0 saturated carbocycles. The molecule has 0 aromatic heterocycles. The Morgan fingerprint density at radius 3 is 2.64 bits per heavy atom. The van der Waals surface area contributed by atoms with Crippen molar-refractivity contribution in [3.63, 3.8) is 0 Å². The van der Waals surface area contributed by atoms with E-state index in [4.69, 9.17) is 10.00 Å². The highest BCUT2D eigenvalue weighted by Gasteiger charge is 2.11. The lowest BCUT2D eigenvalue weighted by atomic mass is 10.0. The van der Waals surface area contributed by atoms with Crippen molar-refractivity contribution in [2.45, 2.75) is 12.8 Å². The van der Waals surface area contributed by atoms with Crippen molar-refractivity contribution in [2.24, 2.45) is 0 Å². The van der Waals surface area contributed by atoms with Crippen molar-refractivity contribution in [2.75, 3.05) is 6.61 Å². The van der Waals surface area contributed by atoms with Gasteiger partial charge in [0.15, 0.2) is 0 Å². The Bertz CT molecular complexity index is 340. The highest BCUT2D eigenvalue weighted by molar-refractivity contribution is 5.66. The smallest absolute Gasteiger partial charge is 0.302 e. The summed E-state index contributed by atoms with van der Waals surface area (Å²) in [6, 6.07) is 11.4. The molecule has 3 nitrogen and oxygen atoms in total. The van der Waals surface area contributed by atoms with Gasteiger partial charge in [-0.25, -0.2) is 0 Å². The van der Waals surface area contributed by atoms with Crippen molar-refractivity contribution >= 4 is 5.97 Å². The molecule has 1 rings (SSSR count). The maximum atomic E-state index is 10.6. The summed E-state index contributed by atoms with van der Waals surface area (Å²) in [6.45, 7) is 1.45. The molecular weight excluding hydrogens is 178 g/mol. The van der Waals surface area contributed by atoms with Crippen LogP contribution in [0.3, 0.4) is 0 Å². The second-order valence-electron chi connectivity index (χ2n) is 2.89. The molecule has 1 aromatic carbocycles. The maximum Gasteiger partial charge on any atom is 0.302 e. The quantitative estimate of drug-likeness (QED) is 0.682. The number of esters is 1. The normalized spacial score (nSPS) is 11.4. The van der Waals surface area contributed by atoms with Crippen molar-refractivity contribution < 1.29 is 9.53 Å². The van der Waals surface area contributed by atoms with E-state index in [2.05, 4.69) is 6.07 Å². The summed E-state index contributed by atoms with van der Waals surface area (Å²) in [5.41, 5.74) is 0.872. The first kappa shape index (κ1) is 10.3. The van der Waals surface area contributed by atoms with E-state index < -0.39 is 0 Å². The van der Waals surface area contributed by atoms with Gasteiger partial charge in [-0.3, -0.25) is 4.79 Å². The fourth-order valence-electron chi connectivity index (χ4n) is 1.09. The van der Waals surface area contributed by atoms with Crippen molar-refractivity contribution in [1.29, 1.82) is 5.26 Å². The van der Waals surface area contributed by atoms with Crippen molar-refractivity contribution in [3.8, 4) is 6.07 Å². The highest BCUT2D eigenvalue weighted by atomic mass is 16.5. The second kappa shape index (κ2) is 5.03. The van der Waals surface area contributed by atoms with Gasteiger partial charge in [0, 0.05) is 6.92 Å². The average molecular weight is 189 g/mol. The molecule has 0 amide bonds. The minimum absolute atomic E-state index is 0.121. The first-order valence-corrected chi connectivity index (χ1v) is 4.32. The molecule has 0 saturated heterocycles. The molecule has 1 aromatic rings. The molecule has 0 heterocycles. The summed E-state index contributed by atoms with van der Waals surface area (Å²) >= 11 is 0. The lowest BCUT2D eigenvalue weighted by Gasteiger charge is -2.08. The van der Waals surface area contributed by atoms with Gasteiger partial charge in [0.2, 0.25) is 0 Å². The number of benzene rings is 1. The number of rotatable bonds is 3. The topological polar surface area (TPSA) is 50.1 Å². The fraction of sp³-hybridized carbons (Fsp3) is 0.273. The first-order chi connectivity index (χ1) is 6.74. The summed E-state index contributed by atoms with van der Waals surface area (Å²) in [6.07, 6.45) is 0. The monoisotopic (exact) mass is 189 g/mol. The van der Waals surface area contributed by atoms with E-state index in [0.29, 0.717) is 0 Å². The van der Waals surface area contributed by atoms with Crippen LogP contribution in [0.5, 0.6) is 0 Å². The Morgan fingerprint density at radius 2 is 2.14 bits per heavy atom. The van der Waals surface area contributed by atoms with Crippen LogP contribution in [0.25, 0.3) is 0 Å². The molecular formula is C11H11NO2. The number of ether oxygens (including phenoxy) is 1. The summed E-state index contributed by atoms with van der Waals surface area (Å²) in [5.74, 6) is -0.735. The molecule has 0 fully saturated rings. The van der Waals surface area contributed by atoms with Gasteiger partial charge in [0.05, 0.1) is 6.07 Å². The molecule has 3 heteroatoms. The van der Waals surface area contributed by atoms with Crippen LogP contribution >= 0.6 is 0 Å². The lowest BCUT2D eigenvalue weighted by molar-refractivity contribution is -0.141. The van der Waals surface area contributed by atoms with Crippen LogP contribution in [0.15, 0.2) is 30.3 Å². The minimum Gasteiger partial charge on any atom is -0.464 e. The van der Waals surface area contributed by atoms with E-state index in [9.17, 15) is 4.79 Å². The van der Waals surface area contributed by atoms with Gasteiger partial charge in [0.25, 0.3) is 0 Å². The lowest BCUT2D eigenvalue weighted by Crippen LogP contribution is -2.08. The third-order valence-corrected chi connectivity index (χ3v) is 1.81. The van der Waals surface area contributed by atoms with Gasteiger partial charge in [-0.1, -0.05) is 30.3 Å². The molecule has 0 unspecified atom stereocenters. The minimum atomic E-state index is -0.375. The summed E-state index contributed by atoms with van der Waals surface area (Å²) < 4.78 is 4.79. The van der Waals surface area contributed by atoms with E-state index in [1.54, 1.807) is 0 Å². The molecule has 0 aliphatic rings. The molecule has 0 aliphatic heterocycles. The first-order valence-electron chi connectivity index (χ1n) is 4.32. The number of nitriles is 1. The Kier molecular flexibility index (Phi) is 3.69. The number of nitrogens with zero attached hydrogens (tertiary/aromatic N) is 1. The molecule has 0 radical (unpaired) electrons. The van der Waals surface area contributed by atoms with Crippen LogP contribution in [0.4, 0.5) is 0 Å². The third-order valence-electron chi connectivity index (χ3n) is 1.81. The zero-order chi connectivity index (χ0) is 10.4. The third kappa shape index (κ3) is 2.91. The summed E-state index contributed by atoms with van der Waals surface area (Å²) in [4.78, 5) is 10.6. The Morgan fingerprint density at radius 1 is 1.50 bits per heavy atom. The molecule has 1 atom stereocenters. The van der Waals surface area contributed by atoms with Gasteiger partial charge >= 0.3 is 5.97 Å². The fourth-order valence-corrected chi connectivity index (χ4v) is 1.09. The predicted molar refractivity (Wildman–Crippen MR) is 51.4 cm³/mol. The van der Waals surface area contributed by atoms with Crippen LogP contribution in [0.1, 0.15) is 18.4 Å². The number of hydrogen-bond acceptors (Lipinski definition) is 3. The Hall–Kier alpha value is -1.82. The number of carbonyl (C=O) groups excluding carboxylic acids is 1. The molecule has 0 spiro atoms. The maximum absolute atomic E-state index is 10.6. The van der Waals surface area contributed by atoms with Crippen LogP contribution in [-0.2, 0) is 9.53 Å². The van der Waals surface area contributed by atoms with E-state index in [-0.39, 0.29) is 18.5 Å². The molecule has 72 valence electrons. The van der Waals surface area contributed by atoms with Gasteiger partial charge in [-0.2, -0.15) is 5.26 Å². The molecule has 14 heavy (non-hydrogen) atoms. The van der Waals surface area contributed by atoms with Gasteiger partial charge in [0.1, 0.15) is 12.5 Å². The van der Waals surface area contributed by atoms with Crippen LogP contribution < -0.4 is 0 Å². The molecule has 0 bridgehead atoms. The van der Waals surface area contributed by atoms with Crippen molar-refractivity contribution in [1.82, 2.24) is 0 Å². The molecule has 0 aliphatic carbocycles. The van der Waals surface area contributed by atoms with Gasteiger partial charge in [-0.05, 0) is 5.56 Å². The standard InChI is InChI=1S/C11H11NO2/c1-9(13)14-8-11(7-12)10-5-3-2-4-6-10/h2-6,11H,8H2,1H3/t11-/m1/s1. The zero-order valence-corrected chi connectivity index (χ0v) is 7.93. The predicted octanol–water partition coefficient (Wildman–Crippen LogP) is 1.86. The average Bonchev–Trinajstić information content (AvgIpc) is 2.20. The van der Waals surface area contributed by atoms with Gasteiger partial charge < -0.3 is 4.74 Å². The van der Waals surface area contributed by atoms with E-state index in [1.165, 1.54) is 6.92 Å². The number of hydrogen-bond donors (Lipinski definition) is 0. The van der Waals surface area contributed by atoms with Crippen LogP contribution in [0.2, 0.25) is 0 Å². The highest BCUT2D eigenvalue weighted by Crippen LogP contribution is 2.14. The summed E-state index contributed by atoms with van der Waals surface area (Å²) in [5, 5.41) is 8.85. The van der Waals surface area contributed by atoms with E-state index in [1.807, 2.05) is 30.3 Å². The van der Waals surface area contributed by atoms with E-state index in [0.717, 1.165) is 5.56 Å². The van der Waals surface area contributed by atoms with Gasteiger partial charge in [-0.15, -0.1) is 0 Å². The largest absolute Gasteiger partial charge is 0.464 e.